The Morgan fingerprint density at radius 1 is 1.21 bits per heavy atom. The van der Waals surface area contributed by atoms with E-state index in [1.54, 1.807) is 42.2 Å². The number of nitrogens with zero attached hydrogens (tertiary/aromatic N) is 1. The van der Waals surface area contributed by atoms with E-state index in [0.29, 0.717) is 11.4 Å². The van der Waals surface area contributed by atoms with Crippen molar-refractivity contribution in [2.45, 2.75) is 18.9 Å². The van der Waals surface area contributed by atoms with E-state index < -0.39 is 29.2 Å². The molecule has 0 heterocycles. The van der Waals surface area contributed by atoms with Gasteiger partial charge in [0, 0.05) is 5.69 Å². The fraction of sp³-hybridized carbons (Fsp3) is 0.438. The van der Waals surface area contributed by atoms with Crippen LogP contribution in [0.1, 0.15) is 13.3 Å². The Balaban J connectivity index is 3.37. The summed E-state index contributed by atoms with van der Waals surface area (Å²) in [6.45, 7) is 1.50. The van der Waals surface area contributed by atoms with Gasteiger partial charge in [0.25, 0.3) is 0 Å². The molecule has 1 unspecified atom stereocenters. The maximum Gasteiger partial charge on any atom is 0.325 e. The van der Waals surface area contributed by atoms with Crippen LogP contribution in [0.4, 0.5) is 5.69 Å². The summed E-state index contributed by atoms with van der Waals surface area (Å²) in [5.41, 5.74) is 5.11. The number of hydrogen-bond donors (Lipinski definition) is 3. The number of carbonyl (C=O) groups excluding carboxylic acids is 1. The lowest BCUT2D eigenvalue weighted by Crippen LogP contribution is -2.59. The van der Waals surface area contributed by atoms with Crippen LogP contribution in [0.15, 0.2) is 30.3 Å². The Bertz CT molecular complexity index is 581. The van der Waals surface area contributed by atoms with Gasteiger partial charge in [0.15, 0.2) is 5.78 Å². The van der Waals surface area contributed by atoms with E-state index in [2.05, 4.69) is 0 Å². The minimum Gasteiger partial charge on any atom is -0.480 e. The Morgan fingerprint density at radius 2 is 1.75 bits per heavy atom. The molecule has 1 aromatic rings. The van der Waals surface area contributed by atoms with E-state index in [1.165, 1.54) is 11.8 Å². The third kappa shape index (κ3) is 4.27. The number of rotatable bonds is 10. The van der Waals surface area contributed by atoms with Crippen molar-refractivity contribution in [3.8, 4) is 0 Å². The molecule has 0 saturated heterocycles. The second kappa shape index (κ2) is 8.70. The van der Waals surface area contributed by atoms with Gasteiger partial charge >= 0.3 is 11.9 Å². The van der Waals surface area contributed by atoms with Crippen LogP contribution in [0.3, 0.4) is 0 Å². The minimum absolute atomic E-state index is 0.0490. The number of nitrogens with two attached hydrogens (primary N) is 1. The van der Waals surface area contributed by atoms with E-state index in [9.17, 15) is 24.6 Å². The molecule has 0 aliphatic heterocycles. The highest BCUT2D eigenvalue weighted by molar-refractivity contribution is 7.98. The van der Waals surface area contributed by atoms with Crippen LogP contribution < -0.4 is 10.6 Å². The summed E-state index contributed by atoms with van der Waals surface area (Å²) in [6.07, 6.45) is 2.13. The predicted molar refractivity (Wildman–Crippen MR) is 93.1 cm³/mol. The minimum atomic E-state index is -2.13. The summed E-state index contributed by atoms with van der Waals surface area (Å²) in [6, 6.07) is 8.82. The van der Waals surface area contributed by atoms with Crippen molar-refractivity contribution in [2.75, 3.05) is 23.6 Å². The highest BCUT2D eigenvalue weighted by Crippen LogP contribution is 2.30. The zero-order valence-corrected chi connectivity index (χ0v) is 14.5. The molecule has 0 aromatic heterocycles. The van der Waals surface area contributed by atoms with Crippen LogP contribution in [0, 0.1) is 5.92 Å². The number of para-hydroxylation sites is 1. The van der Waals surface area contributed by atoms with Gasteiger partial charge in [0.1, 0.15) is 0 Å². The highest BCUT2D eigenvalue weighted by Gasteiger charge is 2.48. The quantitative estimate of drug-likeness (QED) is 0.424. The van der Waals surface area contributed by atoms with E-state index in [4.69, 9.17) is 5.73 Å². The van der Waals surface area contributed by atoms with Crippen molar-refractivity contribution < 1.29 is 24.6 Å². The average Bonchev–Trinajstić information content (AvgIpc) is 2.53. The summed E-state index contributed by atoms with van der Waals surface area (Å²) < 4.78 is 0. The van der Waals surface area contributed by atoms with Gasteiger partial charge in [-0.1, -0.05) is 18.2 Å². The third-order valence-electron chi connectivity index (χ3n) is 3.93. The molecule has 0 aliphatic rings. The first-order valence-corrected chi connectivity index (χ1v) is 8.70. The van der Waals surface area contributed by atoms with Crippen molar-refractivity contribution >= 4 is 35.2 Å². The summed E-state index contributed by atoms with van der Waals surface area (Å²) in [7, 11) is 0. The van der Waals surface area contributed by atoms with E-state index in [1.807, 2.05) is 6.26 Å². The maximum atomic E-state index is 12.9. The van der Waals surface area contributed by atoms with E-state index in [0.717, 1.165) is 0 Å². The molecule has 0 bridgehead atoms. The van der Waals surface area contributed by atoms with Crippen molar-refractivity contribution in [1.29, 1.82) is 0 Å². The number of hydrogen-bond acceptors (Lipinski definition) is 6. The van der Waals surface area contributed by atoms with Crippen LogP contribution in [0.2, 0.25) is 0 Å². The number of benzene rings is 1. The fourth-order valence-corrected chi connectivity index (χ4v) is 3.13. The number of aliphatic carboxylic acids is 2. The molecule has 0 radical (unpaired) electrons. The summed E-state index contributed by atoms with van der Waals surface area (Å²) in [5.74, 6) is -5.81. The molecule has 24 heavy (non-hydrogen) atoms. The molecule has 4 N–H and O–H groups in total. The largest absolute Gasteiger partial charge is 0.480 e. The van der Waals surface area contributed by atoms with Crippen LogP contribution in [-0.4, -0.2) is 52.2 Å². The van der Waals surface area contributed by atoms with Crippen LogP contribution in [-0.2, 0) is 14.4 Å². The van der Waals surface area contributed by atoms with E-state index >= 15 is 0 Å². The number of Topliss-reactive ketones (excluding diaryl/α,β-unsaturated/α-hetero) is 1. The smallest absolute Gasteiger partial charge is 0.325 e. The van der Waals surface area contributed by atoms with Gasteiger partial charge in [-0.2, -0.15) is 11.8 Å². The molecule has 0 aliphatic carbocycles. The highest BCUT2D eigenvalue weighted by atomic mass is 32.2. The van der Waals surface area contributed by atoms with Gasteiger partial charge in [-0.25, -0.2) is 0 Å². The van der Waals surface area contributed by atoms with Crippen molar-refractivity contribution in [3.63, 3.8) is 0 Å². The lowest BCUT2D eigenvalue weighted by molar-refractivity contribution is -0.159. The Kier molecular flexibility index (Phi) is 7.24. The molecule has 0 spiro atoms. The molecule has 7 nitrogen and oxygen atoms in total. The van der Waals surface area contributed by atoms with Gasteiger partial charge in [-0.05, 0) is 37.5 Å². The predicted octanol–water partition coefficient (Wildman–Crippen LogP) is 1.28. The van der Waals surface area contributed by atoms with Gasteiger partial charge in [-0.15, -0.1) is 0 Å². The molecule has 0 amide bonds. The standard InChI is InChI=1S/C16H22N2O5S/c1-16(8-9-24-2,13(19)12(14(20)21)15(22)23)18(10-17)11-6-4-3-5-7-11/h3-7,12H,8-10,17H2,1-2H3,(H,20,21)(H,22,23). The zero-order chi connectivity index (χ0) is 18.3. The first-order chi connectivity index (χ1) is 11.3. The number of anilines is 1. The number of carboxylic acid groups (broad SMARTS) is 2. The Morgan fingerprint density at radius 3 is 2.17 bits per heavy atom. The molecule has 0 saturated carbocycles. The average molecular weight is 354 g/mol. The van der Waals surface area contributed by atoms with Crippen molar-refractivity contribution in [2.24, 2.45) is 11.7 Å². The van der Waals surface area contributed by atoms with Gasteiger partial charge in [0.2, 0.25) is 5.92 Å². The van der Waals surface area contributed by atoms with Gasteiger partial charge < -0.3 is 20.8 Å². The first-order valence-electron chi connectivity index (χ1n) is 7.31. The normalized spacial score (nSPS) is 13.3. The molecule has 132 valence electrons. The summed E-state index contributed by atoms with van der Waals surface area (Å²) in [5, 5.41) is 18.3. The number of carboxylic acids is 2. The SMILES string of the molecule is CSCCC(C)(C(=O)C(C(=O)O)C(=O)O)N(CN)c1ccccc1. The third-order valence-corrected chi connectivity index (χ3v) is 4.54. The van der Waals surface area contributed by atoms with Gasteiger partial charge in [0.05, 0.1) is 12.2 Å². The fourth-order valence-electron chi connectivity index (χ4n) is 2.53. The zero-order valence-electron chi connectivity index (χ0n) is 13.6. The summed E-state index contributed by atoms with van der Waals surface area (Å²) >= 11 is 1.48. The molecule has 1 aromatic carbocycles. The second-order valence-electron chi connectivity index (χ2n) is 5.44. The topological polar surface area (TPSA) is 121 Å². The van der Waals surface area contributed by atoms with Crippen LogP contribution in [0.25, 0.3) is 0 Å². The molecule has 1 atom stereocenters. The Hall–Kier alpha value is -2.06. The van der Waals surface area contributed by atoms with Crippen molar-refractivity contribution in [3.05, 3.63) is 30.3 Å². The molecule has 1 rings (SSSR count). The number of ketones is 1. The molecular formula is C16H22N2O5S. The molecular weight excluding hydrogens is 332 g/mol. The maximum absolute atomic E-state index is 12.9. The van der Waals surface area contributed by atoms with Crippen molar-refractivity contribution in [1.82, 2.24) is 0 Å². The molecule has 8 heteroatoms. The van der Waals surface area contributed by atoms with Crippen LogP contribution >= 0.6 is 11.8 Å². The molecule has 0 fully saturated rings. The Labute approximate surface area is 144 Å². The van der Waals surface area contributed by atoms with Gasteiger partial charge in [-0.3, -0.25) is 14.4 Å². The lowest BCUT2D eigenvalue weighted by Gasteiger charge is -2.41. The first kappa shape index (κ1) is 20.0. The summed E-state index contributed by atoms with van der Waals surface area (Å²) in [4.78, 5) is 37.0. The number of thioether (sulfide) groups is 1. The number of carbonyl (C=O) groups is 3. The van der Waals surface area contributed by atoms with E-state index in [-0.39, 0.29) is 13.1 Å². The monoisotopic (exact) mass is 354 g/mol. The second-order valence-corrected chi connectivity index (χ2v) is 6.42. The van der Waals surface area contributed by atoms with Crippen LogP contribution in [0.5, 0.6) is 0 Å². The lowest BCUT2D eigenvalue weighted by atomic mass is 9.83.